The number of hydrogen-bond acceptors (Lipinski definition) is 6. The Hall–Kier alpha value is -9.75. The molecule has 76 heavy (non-hydrogen) atoms. The minimum Gasteiger partial charge on any atom is -0.456 e. The van der Waals surface area contributed by atoms with Crippen molar-refractivity contribution >= 4 is 75.4 Å². The van der Waals surface area contributed by atoms with Gasteiger partial charge in [-0.3, -0.25) is 0 Å². The highest BCUT2D eigenvalue weighted by Crippen LogP contribution is 2.64. The summed E-state index contributed by atoms with van der Waals surface area (Å²) in [6, 6.07) is 85.1. The number of thiophene rings is 1. The molecule has 0 N–H and O–H groups in total. The van der Waals surface area contributed by atoms with Gasteiger partial charge in [-0.1, -0.05) is 188 Å². The quantitative estimate of drug-likeness (QED) is 0.172. The van der Waals surface area contributed by atoms with Gasteiger partial charge in [-0.2, -0.15) is 0 Å². The van der Waals surface area contributed by atoms with Crippen molar-refractivity contribution in [2.75, 3.05) is 0 Å². The molecule has 1 spiro atoms. The summed E-state index contributed by atoms with van der Waals surface area (Å²) >= 11 is 1.79. The molecule has 0 atom stereocenters. The van der Waals surface area contributed by atoms with Crippen molar-refractivity contribution in [3.8, 4) is 78.7 Å². The predicted octanol–water partition coefficient (Wildman–Crippen LogP) is 18.7. The Labute approximate surface area is 439 Å². The average Bonchev–Trinajstić information content (AvgIpc) is 4.33. The number of furan rings is 2. The molecule has 11 aromatic carbocycles. The van der Waals surface area contributed by atoms with Crippen molar-refractivity contribution < 1.29 is 8.83 Å². The molecule has 0 bridgehead atoms. The number of rotatable bonds is 5. The average molecular weight is 986 g/mol. The van der Waals surface area contributed by atoms with Crippen LogP contribution in [0.25, 0.3) is 143 Å². The van der Waals surface area contributed by atoms with Crippen LogP contribution in [0.3, 0.4) is 0 Å². The lowest BCUT2D eigenvalue weighted by atomic mass is 9.70. The van der Waals surface area contributed by atoms with E-state index in [9.17, 15) is 0 Å². The lowest BCUT2D eigenvalue weighted by molar-refractivity contribution is 0.668. The largest absolute Gasteiger partial charge is 0.456 e. The van der Waals surface area contributed by atoms with Gasteiger partial charge in [0.15, 0.2) is 17.5 Å². The van der Waals surface area contributed by atoms with Gasteiger partial charge in [-0.05, 0) is 115 Å². The molecule has 4 heterocycles. The van der Waals surface area contributed by atoms with Crippen LogP contribution in [-0.2, 0) is 5.41 Å². The molecule has 0 aliphatic heterocycles. The van der Waals surface area contributed by atoms with Crippen molar-refractivity contribution in [1.29, 1.82) is 0 Å². The Morgan fingerprint density at radius 1 is 0.289 bits per heavy atom. The Balaban J connectivity index is 0.833. The molecule has 0 unspecified atom stereocenters. The molecule has 4 aromatic heterocycles. The molecule has 0 radical (unpaired) electrons. The van der Waals surface area contributed by atoms with Crippen LogP contribution in [-0.4, -0.2) is 15.0 Å². The Morgan fingerprint density at radius 2 is 0.789 bits per heavy atom. The zero-order chi connectivity index (χ0) is 49.6. The third-order valence-corrected chi connectivity index (χ3v) is 17.3. The van der Waals surface area contributed by atoms with Gasteiger partial charge >= 0.3 is 0 Å². The first-order valence-corrected chi connectivity index (χ1v) is 26.5. The maximum atomic E-state index is 6.70. The van der Waals surface area contributed by atoms with Crippen molar-refractivity contribution in [2.45, 2.75) is 5.41 Å². The third kappa shape index (κ3) is 5.76. The van der Waals surface area contributed by atoms with Crippen LogP contribution < -0.4 is 0 Å². The summed E-state index contributed by atoms with van der Waals surface area (Å²) in [5.41, 5.74) is 20.5. The fourth-order valence-corrected chi connectivity index (χ4v) is 14.2. The molecule has 352 valence electrons. The van der Waals surface area contributed by atoms with E-state index in [1.54, 1.807) is 11.3 Å². The zero-order valence-electron chi connectivity index (χ0n) is 40.6. The van der Waals surface area contributed by atoms with Gasteiger partial charge in [-0.15, -0.1) is 11.3 Å². The van der Waals surface area contributed by atoms with Crippen LogP contribution in [0.1, 0.15) is 22.3 Å². The molecule has 17 rings (SSSR count). The van der Waals surface area contributed by atoms with Gasteiger partial charge in [0.1, 0.15) is 22.3 Å². The van der Waals surface area contributed by atoms with Gasteiger partial charge in [0.2, 0.25) is 0 Å². The highest BCUT2D eigenvalue weighted by Gasteiger charge is 2.52. The first-order valence-electron chi connectivity index (χ1n) is 25.7. The second-order valence-electron chi connectivity index (χ2n) is 20.1. The minimum absolute atomic E-state index is 0.411. The molecule has 5 nitrogen and oxygen atoms in total. The number of hydrogen-bond donors (Lipinski definition) is 0. The molecule has 0 amide bonds. The molecular weight excluding hydrogens is 947 g/mol. The number of aromatic nitrogens is 3. The molecule has 0 saturated heterocycles. The van der Waals surface area contributed by atoms with Gasteiger partial charge < -0.3 is 8.83 Å². The second-order valence-corrected chi connectivity index (χ2v) is 21.2. The number of para-hydroxylation sites is 1. The summed E-state index contributed by atoms with van der Waals surface area (Å²) in [5, 5.41) is 6.39. The second kappa shape index (κ2) is 15.6. The topological polar surface area (TPSA) is 65.0 Å². The highest BCUT2D eigenvalue weighted by molar-refractivity contribution is 7.25. The SMILES string of the molecule is c1cc(-c2ccc3oc4cccc(-c5nc(-c6ccc7c(c6)sc6ccccc67)nc(-c6cccc7oc8ccccc8c67)n5)c4c3c2)cc(-c2cccc3c2-c2ccccc2C32c3ccccc3-c3ccccc32)c1. The van der Waals surface area contributed by atoms with Gasteiger partial charge in [-0.25, -0.2) is 15.0 Å². The van der Waals surface area contributed by atoms with E-state index in [0.29, 0.717) is 17.5 Å². The number of benzene rings is 11. The van der Waals surface area contributed by atoms with E-state index >= 15 is 0 Å². The van der Waals surface area contributed by atoms with Crippen LogP contribution >= 0.6 is 11.3 Å². The van der Waals surface area contributed by atoms with E-state index in [2.05, 4.69) is 194 Å². The summed E-state index contributed by atoms with van der Waals surface area (Å²) in [4.78, 5) is 16.1. The highest BCUT2D eigenvalue weighted by atomic mass is 32.1. The Kier molecular flexibility index (Phi) is 8.58. The zero-order valence-corrected chi connectivity index (χ0v) is 41.4. The Bertz CT molecular complexity index is 4930. The number of nitrogens with zero attached hydrogens (tertiary/aromatic N) is 3. The summed E-state index contributed by atoms with van der Waals surface area (Å²) in [6.07, 6.45) is 0. The lowest BCUT2D eigenvalue weighted by Gasteiger charge is -2.30. The molecule has 15 aromatic rings. The van der Waals surface area contributed by atoms with Crippen LogP contribution in [0, 0.1) is 0 Å². The molecule has 2 aliphatic carbocycles. The van der Waals surface area contributed by atoms with Crippen LogP contribution in [0.2, 0.25) is 0 Å². The van der Waals surface area contributed by atoms with Crippen molar-refractivity contribution in [3.05, 3.63) is 259 Å². The normalized spacial score (nSPS) is 13.1. The maximum absolute atomic E-state index is 6.70. The predicted molar refractivity (Wildman–Crippen MR) is 311 cm³/mol. The van der Waals surface area contributed by atoms with E-state index in [1.165, 1.54) is 70.2 Å². The summed E-state index contributed by atoms with van der Waals surface area (Å²) in [5.74, 6) is 1.72. The first-order chi connectivity index (χ1) is 37.7. The number of fused-ring (bicyclic) bond motifs is 19. The standard InChI is InChI=1S/C70H39N3O2S/c1-6-25-54-45(17-1)46-18-2-7-26-55(46)70(54)56-27-8-3-20-49(56)64-44(22-12-28-57(64)70)42-16-11-15-40(37-42)41-34-36-59-53(38-41)66-52(24-14-31-61(66)75-59)69-72-67(43-33-35-48-47-19-5-10-32-62(47)76-63(48)39-43)71-68(73-69)51-23-13-30-60-65(51)50-21-4-9-29-58(50)74-60/h1-39H. The van der Waals surface area contributed by atoms with E-state index in [4.69, 9.17) is 23.8 Å². The van der Waals surface area contributed by atoms with Crippen LogP contribution in [0.15, 0.2) is 245 Å². The van der Waals surface area contributed by atoms with Crippen molar-refractivity contribution in [3.63, 3.8) is 0 Å². The molecular formula is C70H39N3O2S. The molecule has 0 fully saturated rings. The maximum Gasteiger partial charge on any atom is 0.164 e. The van der Waals surface area contributed by atoms with E-state index in [-0.39, 0.29) is 0 Å². The summed E-state index contributed by atoms with van der Waals surface area (Å²) < 4.78 is 15.5. The smallest absolute Gasteiger partial charge is 0.164 e. The first kappa shape index (κ1) is 41.7. The molecule has 6 heteroatoms. The van der Waals surface area contributed by atoms with Gasteiger partial charge in [0.05, 0.1) is 5.41 Å². The van der Waals surface area contributed by atoms with Crippen LogP contribution in [0.4, 0.5) is 0 Å². The van der Waals surface area contributed by atoms with Gasteiger partial charge in [0, 0.05) is 58.4 Å². The van der Waals surface area contributed by atoms with E-state index in [1.807, 2.05) is 42.5 Å². The Morgan fingerprint density at radius 3 is 1.55 bits per heavy atom. The molecule has 0 saturated carbocycles. The monoisotopic (exact) mass is 985 g/mol. The molecule has 2 aliphatic rings. The van der Waals surface area contributed by atoms with E-state index < -0.39 is 5.41 Å². The van der Waals surface area contributed by atoms with Crippen LogP contribution in [0.5, 0.6) is 0 Å². The third-order valence-electron chi connectivity index (χ3n) is 16.2. The fraction of sp³-hybridized carbons (Fsp3) is 0.0143. The van der Waals surface area contributed by atoms with Gasteiger partial charge in [0.25, 0.3) is 0 Å². The lowest BCUT2D eigenvalue weighted by Crippen LogP contribution is -2.25. The fourth-order valence-electron chi connectivity index (χ4n) is 13.0. The van der Waals surface area contributed by atoms with E-state index in [0.717, 1.165) is 77.3 Å². The minimum atomic E-state index is -0.411. The van der Waals surface area contributed by atoms with Crippen molar-refractivity contribution in [2.24, 2.45) is 0 Å². The summed E-state index contributed by atoms with van der Waals surface area (Å²) in [6.45, 7) is 0. The van der Waals surface area contributed by atoms with Crippen molar-refractivity contribution in [1.82, 2.24) is 15.0 Å². The summed E-state index contributed by atoms with van der Waals surface area (Å²) in [7, 11) is 0.